The van der Waals surface area contributed by atoms with E-state index in [2.05, 4.69) is 36.4 Å². The number of rotatable bonds is 5. The van der Waals surface area contributed by atoms with Crippen LogP contribution in [0.25, 0.3) is 15.3 Å². The SMILES string of the molecule is Cc1cc(NC(=O)C2CCCN(S(=O)(=O)c3ccc(Cl)cc3)C2)n(-c2nc3cc(C)c(C)cc3s2)n1. The maximum Gasteiger partial charge on any atom is 0.243 e. The Bertz CT molecular complexity index is 1520. The first-order valence-electron chi connectivity index (χ1n) is 11.6. The molecule has 3 heterocycles. The van der Waals surface area contributed by atoms with Crippen LogP contribution in [0.5, 0.6) is 0 Å². The van der Waals surface area contributed by atoms with Crippen LogP contribution in [0.1, 0.15) is 29.7 Å². The zero-order valence-electron chi connectivity index (χ0n) is 20.2. The predicted molar refractivity (Wildman–Crippen MR) is 143 cm³/mol. The smallest absolute Gasteiger partial charge is 0.243 e. The second kappa shape index (κ2) is 9.59. The van der Waals surface area contributed by atoms with Crippen LogP contribution in [0.2, 0.25) is 5.02 Å². The minimum absolute atomic E-state index is 0.115. The van der Waals surface area contributed by atoms with Crippen molar-refractivity contribution in [2.24, 2.45) is 5.92 Å². The molecule has 1 aliphatic rings. The normalized spacial score (nSPS) is 16.9. The molecule has 1 atom stereocenters. The average molecular weight is 544 g/mol. The van der Waals surface area contributed by atoms with Gasteiger partial charge in [0.25, 0.3) is 0 Å². The maximum absolute atomic E-state index is 13.3. The molecule has 11 heteroatoms. The van der Waals surface area contributed by atoms with Gasteiger partial charge in [-0.3, -0.25) is 4.79 Å². The van der Waals surface area contributed by atoms with Crippen molar-refractivity contribution in [1.29, 1.82) is 0 Å². The summed E-state index contributed by atoms with van der Waals surface area (Å²) in [6, 6.07) is 12.0. The Labute approximate surface area is 219 Å². The van der Waals surface area contributed by atoms with Crippen LogP contribution >= 0.6 is 22.9 Å². The Morgan fingerprint density at radius 3 is 2.58 bits per heavy atom. The summed E-state index contributed by atoms with van der Waals surface area (Å²) < 4.78 is 30.3. The van der Waals surface area contributed by atoms with Gasteiger partial charge in [-0.1, -0.05) is 22.9 Å². The average Bonchev–Trinajstić information content (AvgIpc) is 3.42. The first kappa shape index (κ1) is 24.9. The van der Waals surface area contributed by atoms with E-state index in [0.29, 0.717) is 35.4 Å². The third kappa shape index (κ3) is 4.78. The Morgan fingerprint density at radius 2 is 1.83 bits per heavy atom. The summed E-state index contributed by atoms with van der Waals surface area (Å²) in [7, 11) is -3.72. The summed E-state index contributed by atoms with van der Waals surface area (Å²) in [4.78, 5) is 18.2. The van der Waals surface area contributed by atoms with Crippen molar-refractivity contribution in [3.05, 3.63) is 64.3 Å². The molecule has 188 valence electrons. The van der Waals surface area contributed by atoms with Crippen molar-refractivity contribution >= 4 is 54.9 Å². The lowest BCUT2D eigenvalue weighted by Gasteiger charge is -2.31. The van der Waals surface area contributed by atoms with Gasteiger partial charge in [0.15, 0.2) is 0 Å². The molecule has 1 amide bonds. The number of carbonyl (C=O) groups excluding carboxylic acids is 1. The van der Waals surface area contributed by atoms with Crippen LogP contribution in [0.15, 0.2) is 47.4 Å². The number of fused-ring (bicyclic) bond motifs is 1. The number of anilines is 1. The molecule has 2 aromatic heterocycles. The summed E-state index contributed by atoms with van der Waals surface area (Å²) >= 11 is 7.42. The Morgan fingerprint density at radius 1 is 1.11 bits per heavy atom. The van der Waals surface area contributed by atoms with Crippen molar-refractivity contribution < 1.29 is 13.2 Å². The van der Waals surface area contributed by atoms with Gasteiger partial charge in [-0.2, -0.15) is 14.1 Å². The van der Waals surface area contributed by atoms with E-state index >= 15 is 0 Å². The fourth-order valence-electron chi connectivity index (χ4n) is 4.35. The van der Waals surface area contributed by atoms with Gasteiger partial charge < -0.3 is 5.32 Å². The molecule has 8 nitrogen and oxygen atoms in total. The number of sulfonamides is 1. The number of hydrogen-bond acceptors (Lipinski definition) is 6. The number of nitrogens with zero attached hydrogens (tertiary/aromatic N) is 4. The molecule has 0 spiro atoms. The van der Waals surface area contributed by atoms with Crippen molar-refractivity contribution in [3.8, 4) is 5.13 Å². The van der Waals surface area contributed by atoms with Gasteiger partial charge in [0.1, 0.15) is 5.82 Å². The van der Waals surface area contributed by atoms with Crippen molar-refractivity contribution in [2.45, 2.75) is 38.5 Å². The second-order valence-corrected chi connectivity index (χ2v) is 12.5. The predicted octanol–water partition coefficient (Wildman–Crippen LogP) is 5.10. The van der Waals surface area contributed by atoms with Crippen LogP contribution in [0.4, 0.5) is 5.82 Å². The van der Waals surface area contributed by atoms with E-state index in [9.17, 15) is 13.2 Å². The highest BCUT2D eigenvalue weighted by atomic mass is 35.5. The molecule has 0 bridgehead atoms. The molecule has 4 aromatic rings. The molecule has 1 aliphatic heterocycles. The molecule has 5 rings (SSSR count). The van der Waals surface area contributed by atoms with Gasteiger partial charge in [-0.15, -0.1) is 0 Å². The van der Waals surface area contributed by atoms with Crippen LogP contribution < -0.4 is 5.32 Å². The minimum Gasteiger partial charge on any atom is -0.310 e. The minimum atomic E-state index is -3.72. The highest BCUT2D eigenvalue weighted by molar-refractivity contribution is 7.89. The summed E-state index contributed by atoms with van der Waals surface area (Å²) in [6.45, 7) is 6.46. The van der Waals surface area contributed by atoms with Crippen LogP contribution in [0.3, 0.4) is 0 Å². The van der Waals surface area contributed by atoms with Crippen LogP contribution in [-0.2, 0) is 14.8 Å². The number of benzene rings is 2. The Hall–Kier alpha value is -2.79. The number of thiazole rings is 1. The summed E-state index contributed by atoms with van der Waals surface area (Å²) in [6.07, 6.45) is 1.20. The first-order chi connectivity index (χ1) is 17.1. The number of nitrogens with one attached hydrogen (secondary N) is 1. The molecule has 0 saturated carbocycles. The van der Waals surface area contributed by atoms with E-state index in [0.717, 1.165) is 15.9 Å². The number of halogens is 1. The quantitative estimate of drug-likeness (QED) is 0.378. The van der Waals surface area contributed by atoms with Gasteiger partial charge in [-0.05, 0) is 81.1 Å². The number of hydrogen-bond donors (Lipinski definition) is 1. The summed E-state index contributed by atoms with van der Waals surface area (Å²) in [5.41, 5.74) is 3.99. The van der Waals surface area contributed by atoms with Crippen molar-refractivity contribution in [1.82, 2.24) is 19.1 Å². The monoisotopic (exact) mass is 543 g/mol. The number of aromatic nitrogens is 3. The van der Waals surface area contributed by atoms with Crippen molar-refractivity contribution in [3.63, 3.8) is 0 Å². The van der Waals surface area contributed by atoms with Gasteiger partial charge in [-0.25, -0.2) is 13.4 Å². The topological polar surface area (TPSA) is 97.2 Å². The molecule has 1 unspecified atom stereocenters. The van der Waals surface area contributed by atoms with Gasteiger partial charge in [0.2, 0.25) is 21.1 Å². The van der Waals surface area contributed by atoms with E-state index in [1.807, 2.05) is 6.92 Å². The molecule has 36 heavy (non-hydrogen) atoms. The van der Waals surface area contributed by atoms with Gasteiger partial charge >= 0.3 is 0 Å². The molecule has 1 saturated heterocycles. The maximum atomic E-state index is 13.3. The standard InChI is InChI=1S/C25H26ClN5O3S2/c1-15-11-21-22(12-16(15)2)35-25(27-21)31-23(13-17(3)29-31)28-24(32)18-5-4-10-30(14-18)36(33,34)20-8-6-19(26)7-9-20/h6-9,11-13,18H,4-5,10,14H2,1-3H3,(H,28,32). The number of piperidine rings is 1. The third-order valence-corrected chi connectivity index (χ3v) is 9.59. The Balaban J connectivity index is 1.36. The number of aryl methyl sites for hydroxylation is 3. The fraction of sp³-hybridized carbons (Fsp3) is 0.320. The fourth-order valence-corrected chi connectivity index (χ4v) is 7.01. The Kier molecular flexibility index (Phi) is 6.63. The second-order valence-electron chi connectivity index (χ2n) is 9.13. The van der Waals surface area contributed by atoms with E-state index in [1.165, 1.54) is 38.9 Å². The molecule has 0 radical (unpaired) electrons. The zero-order valence-corrected chi connectivity index (χ0v) is 22.5. The molecule has 0 aliphatic carbocycles. The van der Waals surface area contributed by atoms with Gasteiger partial charge in [0, 0.05) is 24.2 Å². The number of amides is 1. The van der Waals surface area contributed by atoms with Crippen LogP contribution in [-0.4, -0.2) is 46.5 Å². The lowest BCUT2D eigenvalue weighted by Crippen LogP contribution is -2.43. The lowest BCUT2D eigenvalue weighted by molar-refractivity contribution is -0.120. The molecular formula is C25H26ClN5O3S2. The highest BCUT2D eigenvalue weighted by Gasteiger charge is 2.33. The van der Waals surface area contributed by atoms with E-state index in [1.54, 1.807) is 22.9 Å². The van der Waals surface area contributed by atoms with Gasteiger partial charge in [0.05, 0.1) is 26.7 Å². The van der Waals surface area contributed by atoms with Crippen molar-refractivity contribution in [2.75, 3.05) is 18.4 Å². The largest absolute Gasteiger partial charge is 0.310 e. The molecule has 1 fully saturated rings. The summed E-state index contributed by atoms with van der Waals surface area (Å²) in [5.74, 6) is -0.201. The molecule has 1 N–H and O–H groups in total. The van der Waals surface area contributed by atoms with E-state index in [-0.39, 0.29) is 17.3 Å². The lowest BCUT2D eigenvalue weighted by atomic mass is 9.99. The zero-order chi connectivity index (χ0) is 25.6. The summed E-state index contributed by atoms with van der Waals surface area (Å²) in [5, 5.41) is 8.66. The number of carbonyl (C=O) groups is 1. The van der Waals surface area contributed by atoms with E-state index < -0.39 is 15.9 Å². The van der Waals surface area contributed by atoms with E-state index in [4.69, 9.17) is 16.6 Å². The first-order valence-corrected chi connectivity index (χ1v) is 14.3. The third-order valence-electron chi connectivity index (χ3n) is 6.46. The molecule has 2 aromatic carbocycles. The highest BCUT2D eigenvalue weighted by Crippen LogP contribution is 2.30. The molecular weight excluding hydrogens is 518 g/mol. The van der Waals surface area contributed by atoms with Crippen LogP contribution in [0, 0.1) is 26.7 Å².